The third-order valence-corrected chi connectivity index (χ3v) is 4.87. The van der Waals surface area contributed by atoms with Crippen LogP contribution in [0.5, 0.6) is 5.75 Å². The van der Waals surface area contributed by atoms with Crippen molar-refractivity contribution in [1.82, 2.24) is 9.80 Å². The van der Waals surface area contributed by atoms with Crippen molar-refractivity contribution in [1.29, 1.82) is 0 Å². The maximum absolute atomic E-state index is 12.6. The monoisotopic (exact) mass is 308 g/mol. The van der Waals surface area contributed by atoms with Crippen molar-refractivity contribution >= 4 is 17.5 Å². The highest BCUT2D eigenvalue weighted by Crippen LogP contribution is 2.26. The molecule has 0 radical (unpaired) electrons. The molecule has 1 amide bonds. The molecule has 2 saturated heterocycles. The zero-order valence-electron chi connectivity index (χ0n) is 12.1. The molecule has 0 spiro atoms. The lowest BCUT2D eigenvalue weighted by Gasteiger charge is -2.32. The van der Waals surface area contributed by atoms with E-state index in [4.69, 9.17) is 11.6 Å². The molecule has 5 heteroatoms. The van der Waals surface area contributed by atoms with Gasteiger partial charge in [-0.15, -0.1) is 0 Å². The van der Waals surface area contributed by atoms with Crippen LogP contribution >= 0.6 is 11.6 Å². The van der Waals surface area contributed by atoms with Crippen LogP contribution in [0.15, 0.2) is 18.2 Å². The number of benzene rings is 1. The van der Waals surface area contributed by atoms with Crippen LogP contribution in [0.4, 0.5) is 0 Å². The fraction of sp³-hybridized carbons (Fsp3) is 0.562. The Morgan fingerprint density at radius 3 is 2.71 bits per heavy atom. The number of amides is 1. The molecule has 2 aliphatic heterocycles. The third-order valence-electron chi connectivity index (χ3n) is 4.54. The van der Waals surface area contributed by atoms with E-state index in [-0.39, 0.29) is 11.7 Å². The minimum absolute atomic E-state index is 0.0737. The van der Waals surface area contributed by atoms with Crippen LogP contribution in [-0.2, 0) is 0 Å². The van der Waals surface area contributed by atoms with Crippen LogP contribution in [0.3, 0.4) is 0 Å². The number of halogens is 1. The number of carbonyl (C=O) groups excluding carboxylic acids is 1. The molecule has 2 fully saturated rings. The van der Waals surface area contributed by atoms with Crippen LogP contribution < -0.4 is 0 Å². The highest BCUT2D eigenvalue weighted by molar-refractivity contribution is 6.33. The van der Waals surface area contributed by atoms with Crippen LogP contribution in [0, 0.1) is 0 Å². The minimum Gasteiger partial charge on any atom is -0.508 e. The van der Waals surface area contributed by atoms with E-state index in [0.29, 0.717) is 16.6 Å². The van der Waals surface area contributed by atoms with Gasteiger partial charge in [0.05, 0.1) is 10.6 Å². The molecule has 0 bridgehead atoms. The summed E-state index contributed by atoms with van der Waals surface area (Å²) in [6, 6.07) is 5.01. The fourth-order valence-corrected chi connectivity index (χ4v) is 3.55. The van der Waals surface area contributed by atoms with Gasteiger partial charge in [0.1, 0.15) is 5.75 Å². The summed E-state index contributed by atoms with van der Waals surface area (Å²) in [5.41, 5.74) is 0.399. The van der Waals surface area contributed by atoms with E-state index in [1.165, 1.54) is 31.4 Å². The van der Waals surface area contributed by atoms with Crippen LogP contribution in [0.1, 0.15) is 36.0 Å². The van der Waals surface area contributed by atoms with Gasteiger partial charge >= 0.3 is 0 Å². The van der Waals surface area contributed by atoms with E-state index in [2.05, 4.69) is 4.90 Å². The van der Waals surface area contributed by atoms with Crippen LogP contribution in [0.2, 0.25) is 5.02 Å². The maximum atomic E-state index is 12.6. The largest absolute Gasteiger partial charge is 0.508 e. The quantitative estimate of drug-likeness (QED) is 0.913. The molecule has 0 aromatic heterocycles. The summed E-state index contributed by atoms with van der Waals surface area (Å²) in [6.07, 6.45) is 4.89. The third kappa shape index (κ3) is 3.16. The lowest BCUT2D eigenvalue weighted by Crippen LogP contribution is -2.41. The Hall–Kier alpha value is -1.26. The summed E-state index contributed by atoms with van der Waals surface area (Å²) >= 11 is 6.09. The smallest absolute Gasteiger partial charge is 0.255 e. The van der Waals surface area contributed by atoms with E-state index in [9.17, 15) is 9.90 Å². The normalized spacial score (nSPS) is 23.5. The molecule has 0 aliphatic carbocycles. The van der Waals surface area contributed by atoms with Crippen molar-refractivity contribution in [2.45, 2.75) is 31.7 Å². The number of phenols is 1. The van der Waals surface area contributed by atoms with Crippen LogP contribution in [-0.4, -0.2) is 53.0 Å². The second kappa shape index (κ2) is 6.24. The number of phenolic OH excluding ortho intramolecular Hbond substituents is 1. The molecule has 2 aliphatic rings. The van der Waals surface area contributed by atoms with E-state index in [0.717, 1.165) is 32.6 Å². The predicted octanol–water partition coefficient (Wildman–Crippen LogP) is 2.75. The van der Waals surface area contributed by atoms with Crippen molar-refractivity contribution in [3.8, 4) is 5.75 Å². The van der Waals surface area contributed by atoms with Gasteiger partial charge in [-0.1, -0.05) is 18.0 Å². The summed E-state index contributed by atoms with van der Waals surface area (Å²) in [7, 11) is 0. The molecule has 1 N–H and O–H groups in total. The number of carbonyl (C=O) groups is 1. The first-order chi connectivity index (χ1) is 10.1. The lowest BCUT2D eigenvalue weighted by molar-refractivity contribution is 0.0771. The van der Waals surface area contributed by atoms with Gasteiger partial charge in [-0.3, -0.25) is 9.69 Å². The van der Waals surface area contributed by atoms with E-state index in [1.807, 2.05) is 4.90 Å². The molecular weight excluding hydrogens is 288 g/mol. The lowest BCUT2D eigenvalue weighted by atomic mass is 10.1. The molecule has 1 atom stereocenters. The van der Waals surface area contributed by atoms with Gasteiger partial charge in [-0.2, -0.15) is 0 Å². The summed E-state index contributed by atoms with van der Waals surface area (Å²) in [4.78, 5) is 16.9. The highest BCUT2D eigenvalue weighted by Gasteiger charge is 2.32. The Bertz CT molecular complexity index is 529. The number of hydrogen-bond donors (Lipinski definition) is 1. The Balaban J connectivity index is 1.67. The van der Waals surface area contributed by atoms with Gasteiger partial charge in [0.15, 0.2) is 0 Å². The van der Waals surface area contributed by atoms with Gasteiger partial charge in [-0.25, -0.2) is 0 Å². The number of piperidine rings is 1. The maximum Gasteiger partial charge on any atom is 0.255 e. The molecule has 2 heterocycles. The average molecular weight is 309 g/mol. The van der Waals surface area contributed by atoms with Gasteiger partial charge in [0.2, 0.25) is 0 Å². The first-order valence-corrected chi connectivity index (χ1v) is 8.05. The first kappa shape index (κ1) is 14.7. The average Bonchev–Trinajstić information content (AvgIpc) is 3.00. The standard InChI is InChI=1S/C16H21ClN2O2/c17-15-5-4-13(20)10-14(15)16(21)19-9-6-12(11-19)18-7-2-1-3-8-18/h4-5,10,12,20H,1-3,6-9,11H2. The van der Waals surface area contributed by atoms with Crippen molar-refractivity contribution in [3.63, 3.8) is 0 Å². The summed E-state index contributed by atoms with van der Waals surface area (Å²) in [5.74, 6) is 0.00457. The summed E-state index contributed by atoms with van der Waals surface area (Å²) in [6.45, 7) is 3.84. The van der Waals surface area contributed by atoms with Crippen molar-refractivity contribution in [2.75, 3.05) is 26.2 Å². The highest BCUT2D eigenvalue weighted by atomic mass is 35.5. The summed E-state index contributed by atoms with van der Waals surface area (Å²) in [5, 5.41) is 9.95. The fourth-order valence-electron chi connectivity index (χ4n) is 3.36. The van der Waals surface area contributed by atoms with Crippen molar-refractivity contribution in [3.05, 3.63) is 28.8 Å². The zero-order valence-corrected chi connectivity index (χ0v) is 12.9. The Labute approximate surface area is 130 Å². The molecular formula is C16H21ClN2O2. The molecule has 1 aromatic carbocycles. The molecule has 4 nitrogen and oxygen atoms in total. The molecule has 114 valence electrons. The zero-order chi connectivity index (χ0) is 14.8. The number of likely N-dealkylation sites (tertiary alicyclic amines) is 2. The molecule has 1 unspecified atom stereocenters. The number of aromatic hydroxyl groups is 1. The molecule has 1 aromatic rings. The SMILES string of the molecule is O=C(c1cc(O)ccc1Cl)N1CCC(N2CCCCC2)C1. The number of hydrogen-bond acceptors (Lipinski definition) is 3. The minimum atomic E-state index is -0.0737. The van der Waals surface area contributed by atoms with Gasteiger partial charge in [-0.05, 0) is 50.6 Å². The predicted molar refractivity (Wildman–Crippen MR) is 82.8 cm³/mol. The Kier molecular flexibility index (Phi) is 4.36. The molecule has 21 heavy (non-hydrogen) atoms. The van der Waals surface area contributed by atoms with Gasteiger partial charge in [0, 0.05) is 19.1 Å². The Morgan fingerprint density at radius 2 is 1.95 bits per heavy atom. The number of nitrogens with zero attached hydrogens (tertiary/aromatic N) is 2. The molecule has 0 saturated carbocycles. The number of rotatable bonds is 2. The van der Waals surface area contributed by atoms with Gasteiger partial charge in [0.25, 0.3) is 5.91 Å². The summed E-state index contributed by atoms with van der Waals surface area (Å²) < 4.78 is 0. The second-order valence-corrected chi connectivity index (χ2v) is 6.36. The molecule has 3 rings (SSSR count). The van der Waals surface area contributed by atoms with E-state index in [1.54, 1.807) is 6.07 Å². The Morgan fingerprint density at radius 1 is 1.19 bits per heavy atom. The van der Waals surface area contributed by atoms with Crippen molar-refractivity contribution < 1.29 is 9.90 Å². The van der Waals surface area contributed by atoms with Gasteiger partial charge < -0.3 is 10.0 Å². The topological polar surface area (TPSA) is 43.8 Å². The first-order valence-electron chi connectivity index (χ1n) is 7.67. The second-order valence-electron chi connectivity index (χ2n) is 5.95. The van der Waals surface area contributed by atoms with Crippen LogP contribution in [0.25, 0.3) is 0 Å². The van der Waals surface area contributed by atoms with E-state index < -0.39 is 0 Å². The van der Waals surface area contributed by atoms with E-state index >= 15 is 0 Å². The van der Waals surface area contributed by atoms with Crippen molar-refractivity contribution in [2.24, 2.45) is 0 Å².